The maximum Gasteiger partial charge on any atom is 0.343 e. The highest BCUT2D eigenvalue weighted by Crippen LogP contribution is 2.32. The number of aromatic nitrogens is 1. The van der Waals surface area contributed by atoms with Crippen molar-refractivity contribution in [3.63, 3.8) is 0 Å². The summed E-state index contributed by atoms with van der Waals surface area (Å²) in [5.74, 6) is -1.02. The molecule has 0 bridgehead atoms. The van der Waals surface area contributed by atoms with Gasteiger partial charge in [0.15, 0.2) is 0 Å². The molecule has 0 aliphatic heterocycles. The van der Waals surface area contributed by atoms with Gasteiger partial charge < -0.3 is 9.84 Å². The molecule has 3 aromatic rings. The van der Waals surface area contributed by atoms with E-state index in [0.29, 0.717) is 16.9 Å². The Kier molecular flexibility index (Phi) is 4.89. The number of aromatic hydroxyl groups is 1. The molecule has 1 heterocycles. The molecule has 0 aliphatic carbocycles. The van der Waals surface area contributed by atoms with Gasteiger partial charge in [-0.1, -0.05) is 48.5 Å². The van der Waals surface area contributed by atoms with Crippen LogP contribution in [0.2, 0.25) is 0 Å². The smallest absolute Gasteiger partial charge is 0.343 e. The van der Waals surface area contributed by atoms with E-state index < -0.39 is 11.5 Å². The summed E-state index contributed by atoms with van der Waals surface area (Å²) < 4.78 is 6.52. The maximum absolute atomic E-state index is 13.2. The Bertz CT molecular complexity index is 922. The van der Waals surface area contributed by atoms with Crippen LogP contribution in [0.4, 0.5) is 0 Å². The number of rotatable bonds is 4. The number of carbonyl (C=O) groups is 1. The van der Waals surface area contributed by atoms with Crippen LogP contribution >= 0.6 is 0 Å². The molecule has 26 heavy (non-hydrogen) atoms. The second kappa shape index (κ2) is 7.27. The lowest BCUT2D eigenvalue weighted by Gasteiger charge is -2.18. The Morgan fingerprint density at radius 2 is 1.62 bits per heavy atom. The van der Waals surface area contributed by atoms with Crippen LogP contribution in [-0.4, -0.2) is 22.2 Å². The minimum Gasteiger partial charge on any atom is -0.506 e. The van der Waals surface area contributed by atoms with E-state index in [1.54, 1.807) is 62.4 Å². The summed E-state index contributed by atoms with van der Waals surface area (Å²) in [4.78, 5) is 25.7. The molecule has 0 saturated carbocycles. The first-order valence-corrected chi connectivity index (χ1v) is 8.32. The number of hydrogen-bond acceptors (Lipinski definition) is 4. The van der Waals surface area contributed by atoms with Crippen LogP contribution < -0.4 is 5.56 Å². The average Bonchev–Trinajstić information content (AvgIpc) is 2.63. The average molecular weight is 349 g/mol. The first-order chi connectivity index (χ1) is 12.6. The lowest BCUT2D eigenvalue weighted by Crippen LogP contribution is -2.26. The van der Waals surface area contributed by atoms with Crippen molar-refractivity contribution in [2.24, 2.45) is 0 Å². The molecule has 132 valence electrons. The van der Waals surface area contributed by atoms with Crippen LogP contribution in [0.1, 0.15) is 23.0 Å². The third kappa shape index (κ3) is 2.99. The second-order valence-corrected chi connectivity index (χ2v) is 5.75. The van der Waals surface area contributed by atoms with Crippen molar-refractivity contribution in [2.75, 3.05) is 6.61 Å². The summed E-state index contributed by atoms with van der Waals surface area (Å²) in [5, 5.41) is 10.8. The van der Waals surface area contributed by atoms with Crippen molar-refractivity contribution < 1.29 is 14.6 Å². The second-order valence-electron chi connectivity index (χ2n) is 5.75. The zero-order valence-corrected chi connectivity index (χ0v) is 14.6. The van der Waals surface area contributed by atoms with Crippen LogP contribution in [0.3, 0.4) is 0 Å². The molecule has 0 saturated heterocycles. The Morgan fingerprint density at radius 3 is 2.19 bits per heavy atom. The fourth-order valence-corrected chi connectivity index (χ4v) is 2.97. The molecule has 0 radical (unpaired) electrons. The number of nitrogens with zero attached hydrogens (tertiary/aromatic N) is 1. The Balaban J connectivity index is 2.41. The lowest BCUT2D eigenvalue weighted by atomic mass is 10.0. The summed E-state index contributed by atoms with van der Waals surface area (Å²) in [6.07, 6.45) is 0. The predicted molar refractivity (Wildman–Crippen MR) is 99.8 cm³/mol. The van der Waals surface area contributed by atoms with E-state index in [0.717, 1.165) is 0 Å². The first-order valence-electron chi connectivity index (χ1n) is 8.32. The van der Waals surface area contributed by atoms with Gasteiger partial charge in [-0.15, -0.1) is 0 Å². The van der Waals surface area contributed by atoms with Crippen molar-refractivity contribution in [2.45, 2.75) is 13.8 Å². The number of carbonyl (C=O) groups excluding carboxylic acids is 1. The van der Waals surface area contributed by atoms with Gasteiger partial charge in [0, 0.05) is 11.4 Å². The van der Waals surface area contributed by atoms with Crippen molar-refractivity contribution in [3.8, 4) is 22.6 Å². The Labute approximate surface area is 151 Å². The highest BCUT2D eigenvalue weighted by Gasteiger charge is 2.26. The fourth-order valence-electron chi connectivity index (χ4n) is 2.97. The number of benzene rings is 2. The van der Waals surface area contributed by atoms with Crippen LogP contribution in [0.5, 0.6) is 5.75 Å². The van der Waals surface area contributed by atoms with Gasteiger partial charge in [-0.3, -0.25) is 9.36 Å². The molecular weight excluding hydrogens is 330 g/mol. The number of esters is 1. The van der Waals surface area contributed by atoms with E-state index in [-0.39, 0.29) is 23.5 Å². The number of pyridine rings is 1. The van der Waals surface area contributed by atoms with Gasteiger partial charge in [-0.2, -0.15) is 0 Å². The van der Waals surface area contributed by atoms with E-state index in [9.17, 15) is 14.7 Å². The summed E-state index contributed by atoms with van der Waals surface area (Å²) in [6, 6.07) is 17.8. The third-order valence-corrected chi connectivity index (χ3v) is 4.14. The summed E-state index contributed by atoms with van der Waals surface area (Å²) in [5.41, 5.74) is 1.14. The topological polar surface area (TPSA) is 68.5 Å². The lowest BCUT2D eigenvalue weighted by molar-refractivity contribution is 0.0521. The zero-order chi connectivity index (χ0) is 18.7. The van der Waals surface area contributed by atoms with Gasteiger partial charge in [0.05, 0.1) is 12.2 Å². The van der Waals surface area contributed by atoms with Gasteiger partial charge in [0.2, 0.25) is 0 Å². The van der Waals surface area contributed by atoms with Gasteiger partial charge in [-0.25, -0.2) is 4.79 Å². The van der Waals surface area contributed by atoms with Crippen LogP contribution in [0, 0.1) is 6.92 Å². The molecule has 5 heteroatoms. The van der Waals surface area contributed by atoms with Crippen molar-refractivity contribution >= 4 is 5.97 Å². The molecule has 3 rings (SSSR count). The van der Waals surface area contributed by atoms with Gasteiger partial charge >= 0.3 is 5.97 Å². The molecule has 1 N–H and O–H groups in total. The van der Waals surface area contributed by atoms with E-state index in [2.05, 4.69) is 0 Å². The van der Waals surface area contributed by atoms with Crippen LogP contribution in [0.25, 0.3) is 16.8 Å². The molecule has 1 aromatic heterocycles. The maximum atomic E-state index is 13.2. The van der Waals surface area contributed by atoms with Gasteiger partial charge in [0.1, 0.15) is 11.3 Å². The standard InChI is InChI=1S/C21H19NO4/c1-3-26-21(25)17-14(2)22(16-12-8-5-9-13-16)20(24)18(19(17)23)15-10-6-4-7-11-15/h4-13,23H,3H2,1-2H3. The van der Waals surface area contributed by atoms with Crippen molar-refractivity contribution in [1.82, 2.24) is 4.57 Å². The molecule has 0 amide bonds. The summed E-state index contributed by atoms with van der Waals surface area (Å²) >= 11 is 0. The molecule has 0 atom stereocenters. The highest BCUT2D eigenvalue weighted by molar-refractivity contribution is 5.96. The largest absolute Gasteiger partial charge is 0.506 e. The number of para-hydroxylation sites is 1. The summed E-state index contributed by atoms with van der Waals surface area (Å²) in [7, 11) is 0. The Morgan fingerprint density at radius 1 is 1.04 bits per heavy atom. The third-order valence-electron chi connectivity index (χ3n) is 4.14. The normalized spacial score (nSPS) is 10.5. The summed E-state index contributed by atoms with van der Waals surface area (Å²) in [6.45, 7) is 3.48. The molecule has 0 unspecified atom stereocenters. The molecule has 0 spiro atoms. The molecule has 0 aliphatic rings. The predicted octanol–water partition coefficient (Wildman–Crippen LogP) is 3.70. The van der Waals surface area contributed by atoms with E-state index in [4.69, 9.17) is 4.74 Å². The minimum absolute atomic E-state index is 0.00541. The Hall–Kier alpha value is -3.34. The van der Waals surface area contributed by atoms with Gasteiger partial charge in [-0.05, 0) is 31.5 Å². The molecule has 0 fully saturated rings. The van der Waals surface area contributed by atoms with E-state index in [1.165, 1.54) is 4.57 Å². The van der Waals surface area contributed by atoms with Crippen LogP contribution in [-0.2, 0) is 4.74 Å². The van der Waals surface area contributed by atoms with E-state index in [1.807, 2.05) is 12.1 Å². The zero-order valence-electron chi connectivity index (χ0n) is 14.6. The molecular formula is C21H19NO4. The van der Waals surface area contributed by atoms with E-state index >= 15 is 0 Å². The van der Waals surface area contributed by atoms with Crippen molar-refractivity contribution in [1.29, 1.82) is 0 Å². The fraction of sp³-hybridized carbons (Fsp3) is 0.143. The minimum atomic E-state index is -0.663. The van der Waals surface area contributed by atoms with Gasteiger partial charge in [0.25, 0.3) is 5.56 Å². The van der Waals surface area contributed by atoms with Crippen LogP contribution in [0.15, 0.2) is 65.5 Å². The highest BCUT2D eigenvalue weighted by atomic mass is 16.5. The quantitative estimate of drug-likeness (QED) is 0.729. The molecule has 2 aromatic carbocycles. The number of ether oxygens (including phenoxy) is 1. The van der Waals surface area contributed by atoms with Crippen molar-refractivity contribution in [3.05, 3.63) is 82.3 Å². The number of hydrogen-bond donors (Lipinski definition) is 1. The molecule has 5 nitrogen and oxygen atoms in total. The first kappa shape index (κ1) is 17.5. The monoisotopic (exact) mass is 349 g/mol. The SMILES string of the molecule is CCOC(=O)c1c(O)c(-c2ccccc2)c(=O)n(-c2ccccc2)c1C.